The molecule has 7 rings (SSSR count). The average molecular weight is 1340 g/mol. The zero-order chi connectivity index (χ0) is 67.5. The maximum absolute atomic E-state index is 12.5. The average Bonchev–Trinajstić information content (AvgIpc) is 1.66. The molecular weight excluding hydrogens is 1250 g/mol. The van der Waals surface area contributed by atoms with Crippen molar-refractivity contribution in [1.82, 2.24) is 36.4 Å². The van der Waals surface area contributed by atoms with E-state index in [2.05, 4.69) is 124 Å². The van der Waals surface area contributed by atoms with Crippen molar-refractivity contribution in [1.29, 1.82) is 0 Å². The highest BCUT2D eigenvalue weighted by molar-refractivity contribution is 9.09. The second-order valence-corrected chi connectivity index (χ2v) is 21.0. The fourth-order valence-corrected chi connectivity index (χ4v) is 9.49. The van der Waals surface area contributed by atoms with Gasteiger partial charge in [0.2, 0.25) is 35.4 Å². The molecule has 0 radical (unpaired) electrons. The molecule has 498 valence electrons. The summed E-state index contributed by atoms with van der Waals surface area (Å²) < 4.78 is 22.1. The van der Waals surface area contributed by atoms with E-state index in [4.69, 9.17) is 39.4 Å². The minimum absolute atomic E-state index is 0.00922. The van der Waals surface area contributed by atoms with Gasteiger partial charge in [0.15, 0.2) is 0 Å². The lowest BCUT2D eigenvalue weighted by molar-refractivity contribution is -0.144. The van der Waals surface area contributed by atoms with E-state index in [1.165, 1.54) is 62.7 Å². The van der Waals surface area contributed by atoms with E-state index in [1.54, 1.807) is 9.80 Å². The summed E-state index contributed by atoms with van der Waals surface area (Å²) in [6.45, 7) is 20.9. The minimum atomic E-state index is -1.36. The van der Waals surface area contributed by atoms with Crippen molar-refractivity contribution in [3.8, 4) is 22.3 Å². The number of benzene rings is 4. The summed E-state index contributed by atoms with van der Waals surface area (Å²) >= 11 is 3.06. The van der Waals surface area contributed by atoms with Gasteiger partial charge in [-0.1, -0.05) is 146 Å². The molecule has 23 nitrogen and oxygen atoms in total. The van der Waals surface area contributed by atoms with Crippen LogP contribution in [0.2, 0.25) is 0 Å². The van der Waals surface area contributed by atoms with Gasteiger partial charge in [-0.05, 0) is 101 Å². The number of carbonyl (C=O) groups is 8. The minimum Gasteiger partial charge on any atom is -0.465 e. The molecule has 0 unspecified atom stereocenters. The van der Waals surface area contributed by atoms with E-state index in [0.717, 1.165) is 31.4 Å². The van der Waals surface area contributed by atoms with Gasteiger partial charge in [0.1, 0.15) is 25.5 Å². The van der Waals surface area contributed by atoms with Crippen LogP contribution in [0.15, 0.2) is 160 Å². The van der Waals surface area contributed by atoms with Crippen LogP contribution in [0.4, 0.5) is 4.79 Å². The van der Waals surface area contributed by atoms with Gasteiger partial charge in [-0.3, -0.25) is 33.6 Å². The van der Waals surface area contributed by atoms with Crippen LogP contribution in [0, 0.1) is 0 Å². The highest BCUT2D eigenvalue weighted by atomic mass is 79.9. The lowest BCUT2D eigenvalue weighted by Gasteiger charge is -2.33. The van der Waals surface area contributed by atoms with Crippen LogP contribution in [0.5, 0.6) is 0 Å². The molecule has 0 spiro atoms. The van der Waals surface area contributed by atoms with Crippen molar-refractivity contribution in [3.05, 3.63) is 183 Å². The van der Waals surface area contributed by atoms with Crippen molar-refractivity contribution >= 4 is 63.4 Å². The highest BCUT2D eigenvalue weighted by Crippen LogP contribution is 2.45. The van der Waals surface area contributed by atoms with Crippen LogP contribution in [-0.2, 0) is 52.5 Å². The molecule has 92 heavy (non-hydrogen) atoms. The third kappa shape index (κ3) is 27.1. The zero-order valence-electron chi connectivity index (χ0n) is 52.0. The molecule has 4 aromatic rings. The van der Waals surface area contributed by atoms with Crippen molar-refractivity contribution in [2.75, 3.05) is 117 Å². The van der Waals surface area contributed by atoms with Crippen LogP contribution in [-0.4, -0.2) is 201 Å². The number of fused-ring (bicyclic) bond motifs is 6. The number of ether oxygens (including phenoxy) is 4. The van der Waals surface area contributed by atoms with E-state index in [-0.39, 0.29) is 60.2 Å². The number of hydrogen-bond acceptors (Lipinski definition) is 16. The van der Waals surface area contributed by atoms with Crippen LogP contribution in [0.3, 0.4) is 0 Å². The number of amides is 7. The number of esters is 1. The van der Waals surface area contributed by atoms with E-state index in [0.29, 0.717) is 104 Å². The molecule has 1 fully saturated rings. The van der Waals surface area contributed by atoms with Crippen LogP contribution >= 0.6 is 15.9 Å². The number of carbonyl (C=O) groups excluding carboxylic acids is 8. The number of rotatable bonds is 31. The molecule has 3 aliphatic rings. The molecule has 1 saturated heterocycles. The number of nitrogens with zero attached hydrogens (tertiary/aromatic N) is 2. The number of halogens is 1. The maximum atomic E-state index is 12.5. The Morgan fingerprint density at radius 1 is 0.489 bits per heavy atom. The van der Waals surface area contributed by atoms with Crippen molar-refractivity contribution in [3.63, 3.8) is 0 Å². The first-order valence-electron chi connectivity index (χ1n) is 30.0. The molecule has 1 heterocycles. The Labute approximate surface area is 546 Å². The molecule has 9 N–H and O–H groups in total. The van der Waals surface area contributed by atoms with Gasteiger partial charge in [0.05, 0.1) is 45.0 Å². The molecule has 2 aliphatic carbocycles. The SMILES string of the molecule is C=CC(=O)N1CCN(C(=O)OCC2c3ccccc3-c3ccccc32)CC1.C=CC(=O)NC(CO)(CO)CO.C=CC(=O)NCCCCCNC(=O)CBr.C=CC(=O)NCCOCCOCCCC(=O)OCC1c2ccccc2-c2ccccc21.C=CC(=O)NCO. The number of aliphatic hydroxyl groups excluding tert-OH is 4. The number of alkyl halides is 1. The van der Waals surface area contributed by atoms with Gasteiger partial charge in [-0.2, -0.15) is 0 Å². The topological polar surface area (TPSA) is 321 Å². The van der Waals surface area contributed by atoms with Crippen molar-refractivity contribution < 1.29 is 77.7 Å². The predicted molar refractivity (Wildman–Crippen MR) is 354 cm³/mol. The Hall–Kier alpha value is -8.62. The number of piperazine rings is 1. The Morgan fingerprint density at radius 3 is 1.33 bits per heavy atom. The molecule has 4 aromatic carbocycles. The third-order valence-electron chi connectivity index (χ3n) is 14.2. The summed E-state index contributed by atoms with van der Waals surface area (Å²) in [6, 6.07) is 33.1. The summed E-state index contributed by atoms with van der Waals surface area (Å²) in [6.07, 6.45) is 9.33. The first kappa shape index (κ1) is 77.6. The molecule has 24 heteroatoms. The van der Waals surface area contributed by atoms with Gasteiger partial charge in [-0.25, -0.2) is 4.79 Å². The lowest BCUT2D eigenvalue weighted by Crippen LogP contribution is -2.56. The predicted octanol–water partition coefficient (Wildman–Crippen LogP) is 4.94. The number of aliphatic hydroxyl groups is 4. The molecule has 0 saturated carbocycles. The first-order valence-corrected chi connectivity index (χ1v) is 31.1. The standard InChI is InChI=1S/C25H29NO5.C22H22N2O3.C10H17BrN2O2.C7H13NO4.C4H7NO2/c1-2-24(27)26-13-15-30-17-16-29-14-7-12-25(28)31-18-23-21-10-5-3-8-19(21)20-9-4-6-11-22(20)23;1-2-21(25)23-11-13-24(14-12-23)22(26)27-15-20-18-9-5-3-7-16(18)17-8-4-6-10-19(17)20;1-2-9(14)12-6-4-3-5-7-13-10(15)8-11;1-2-6(12)8-7(3-9,4-10)5-11;1-2-4(7)5-3-6/h2-6,8-11,23H,1,7,12-18H2,(H,26,27);2-10,20H,1,11-15H2;2H,1,3-8H2,(H,12,14)(H,13,15);2,9-11H,1,3-5H2,(H,8,12);2,6H,1,3H2,(H,5,7). The largest absolute Gasteiger partial charge is 0.465 e. The van der Waals surface area contributed by atoms with Gasteiger partial charge >= 0.3 is 12.1 Å². The normalized spacial score (nSPS) is 12.3. The van der Waals surface area contributed by atoms with E-state index in [1.807, 2.05) is 48.5 Å². The highest BCUT2D eigenvalue weighted by Gasteiger charge is 2.32. The lowest BCUT2D eigenvalue weighted by atomic mass is 9.98. The quantitative estimate of drug-likeness (QED) is 0.0106. The Kier molecular flexibility index (Phi) is 37.8. The summed E-state index contributed by atoms with van der Waals surface area (Å²) in [5, 5.41) is 47.0. The molecule has 0 atom stereocenters. The molecule has 0 bridgehead atoms. The van der Waals surface area contributed by atoms with E-state index < -0.39 is 31.3 Å². The van der Waals surface area contributed by atoms with E-state index >= 15 is 0 Å². The number of unbranched alkanes of at least 4 members (excludes halogenated alkanes) is 2. The number of hydrogen-bond donors (Lipinski definition) is 9. The Morgan fingerprint density at radius 2 is 0.902 bits per heavy atom. The summed E-state index contributed by atoms with van der Waals surface area (Å²) in [5.41, 5.74) is 8.34. The van der Waals surface area contributed by atoms with Crippen LogP contribution < -0.4 is 26.6 Å². The second kappa shape index (κ2) is 44.8. The molecule has 1 aliphatic heterocycles. The van der Waals surface area contributed by atoms with Crippen molar-refractivity contribution in [2.45, 2.75) is 49.5 Å². The summed E-state index contributed by atoms with van der Waals surface area (Å²) in [4.78, 5) is 92.9. The maximum Gasteiger partial charge on any atom is 0.409 e. The van der Waals surface area contributed by atoms with E-state index in [9.17, 15) is 38.4 Å². The number of nitrogens with one attached hydrogen (secondary N) is 5. The van der Waals surface area contributed by atoms with Crippen LogP contribution in [0.1, 0.15) is 66.2 Å². The molecule has 7 amide bonds. The zero-order valence-corrected chi connectivity index (χ0v) is 53.6. The van der Waals surface area contributed by atoms with Gasteiger partial charge < -0.3 is 75.8 Å². The third-order valence-corrected chi connectivity index (χ3v) is 14.7. The Balaban J connectivity index is 0.000000327. The first-order chi connectivity index (χ1) is 44.5. The van der Waals surface area contributed by atoms with Gasteiger partial charge in [0, 0.05) is 70.7 Å². The molecular formula is C68H88BrN7O16. The van der Waals surface area contributed by atoms with Gasteiger partial charge in [0.25, 0.3) is 0 Å². The summed E-state index contributed by atoms with van der Waals surface area (Å²) in [5.74, 6) is -1.41. The molecule has 0 aromatic heterocycles. The Bertz CT molecular complexity index is 2940. The monoisotopic (exact) mass is 1340 g/mol. The fraction of sp³-hybridized carbons (Fsp3) is 0.382. The summed E-state index contributed by atoms with van der Waals surface area (Å²) in [7, 11) is 0. The second-order valence-electron chi connectivity index (χ2n) is 20.4. The van der Waals surface area contributed by atoms with Crippen LogP contribution in [0.25, 0.3) is 22.3 Å². The smallest absolute Gasteiger partial charge is 0.409 e. The van der Waals surface area contributed by atoms with Gasteiger partial charge in [-0.15, -0.1) is 0 Å². The fourth-order valence-electron chi connectivity index (χ4n) is 9.29. The van der Waals surface area contributed by atoms with Crippen molar-refractivity contribution in [2.24, 2.45) is 0 Å².